The van der Waals surface area contributed by atoms with E-state index in [1.54, 1.807) is 0 Å². The highest BCUT2D eigenvalue weighted by Crippen LogP contribution is 2.18. The van der Waals surface area contributed by atoms with Gasteiger partial charge in [0.25, 0.3) is 0 Å². The Hall–Kier alpha value is -1.45. The van der Waals surface area contributed by atoms with E-state index in [-0.39, 0.29) is 12.5 Å². The third kappa shape index (κ3) is 2.21. The summed E-state index contributed by atoms with van der Waals surface area (Å²) in [4.78, 5) is 4.31. The molecule has 3 heteroatoms. The van der Waals surface area contributed by atoms with Gasteiger partial charge < -0.3 is 10.8 Å². The summed E-state index contributed by atoms with van der Waals surface area (Å²) in [7, 11) is 0. The number of rotatable bonds is 4. The third-order valence-electron chi connectivity index (χ3n) is 2.84. The van der Waals surface area contributed by atoms with Crippen molar-refractivity contribution in [3.05, 3.63) is 42.1 Å². The van der Waals surface area contributed by atoms with Gasteiger partial charge in [-0.2, -0.15) is 0 Å². The van der Waals surface area contributed by atoms with Crippen molar-refractivity contribution in [3.63, 3.8) is 0 Å². The molecule has 2 rings (SSSR count). The predicted octanol–water partition coefficient (Wildman–Crippen LogP) is 1.34. The van der Waals surface area contributed by atoms with E-state index in [1.165, 1.54) is 5.56 Å². The Morgan fingerprint density at radius 3 is 2.81 bits per heavy atom. The predicted molar refractivity (Wildman–Crippen MR) is 65.1 cm³/mol. The maximum absolute atomic E-state index is 9.16. The molecule has 1 aromatic heterocycles. The molecular weight excluding hydrogens is 200 g/mol. The Kier molecular flexibility index (Phi) is 3.49. The van der Waals surface area contributed by atoms with Crippen LogP contribution in [0.25, 0.3) is 10.9 Å². The molecule has 0 radical (unpaired) electrons. The summed E-state index contributed by atoms with van der Waals surface area (Å²) < 4.78 is 0. The van der Waals surface area contributed by atoms with Crippen LogP contribution in [0.4, 0.5) is 0 Å². The van der Waals surface area contributed by atoms with Gasteiger partial charge in [0.15, 0.2) is 0 Å². The van der Waals surface area contributed by atoms with Crippen molar-refractivity contribution < 1.29 is 5.11 Å². The Bertz CT molecular complexity index is 461. The van der Waals surface area contributed by atoms with E-state index < -0.39 is 0 Å². The fourth-order valence-corrected chi connectivity index (χ4v) is 1.87. The largest absolute Gasteiger partial charge is 0.396 e. The first-order valence-electron chi connectivity index (χ1n) is 5.48. The van der Waals surface area contributed by atoms with E-state index in [0.29, 0.717) is 6.54 Å². The van der Waals surface area contributed by atoms with Crippen LogP contribution in [0, 0.1) is 5.92 Å². The maximum atomic E-state index is 9.16. The van der Waals surface area contributed by atoms with Gasteiger partial charge in [-0.3, -0.25) is 4.98 Å². The van der Waals surface area contributed by atoms with Crippen LogP contribution in [0.3, 0.4) is 0 Å². The van der Waals surface area contributed by atoms with Crippen molar-refractivity contribution in [2.75, 3.05) is 13.2 Å². The van der Waals surface area contributed by atoms with E-state index in [2.05, 4.69) is 11.1 Å². The van der Waals surface area contributed by atoms with Crippen molar-refractivity contribution in [1.82, 2.24) is 4.98 Å². The number of hydrogen-bond donors (Lipinski definition) is 2. The second kappa shape index (κ2) is 5.05. The monoisotopic (exact) mass is 216 g/mol. The molecule has 84 valence electrons. The molecular formula is C13H16N2O. The number of nitrogens with zero attached hydrogens (tertiary/aromatic N) is 1. The fraction of sp³-hybridized carbons (Fsp3) is 0.308. The molecule has 1 unspecified atom stereocenters. The van der Waals surface area contributed by atoms with Crippen LogP contribution in [0.15, 0.2) is 36.5 Å². The van der Waals surface area contributed by atoms with Crippen molar-refractivity contribution in [1.29, 1.82) is 0 Å². The molecule has 3 nitrogen and oxygen atoms in total. The Morgan fingerprint density at radius 2 is 2.06 bits per heavy atom. The van der Waals surface area contributed by atoms with E-state index in [1.807, 2.05) is 30.5 Å². The van der Waals surface area contributed by atoms with Gasteiger partial charge >= 0.3 is 0 Å². The minimum atomic E-state index is 0.130. The minimum Gasteiger partial charge on any atom is -0.396 e. The number of aliphatic hydroxyl groups is 1. The van der Waals surface area contributed by atoms with E-state index in [0.717, 1.165) is 17.3 Å². The number of aromatic nitrogens is 1. The van der Waals surface area contributed by atoms with Crippen LogP contribution < -0.4 is 5.73 Å². The van der Waals surface area contributed by atoms with Gasteiger partial charge in [0, 0.05) is 18.2 Å². The second-order valence-corrected chi connectivity index (χ2v) is 3.98. The minimum absolute atomic E-state index is 0.130. The first-order chi connectivity index (χ1) is 7.85. The molecule has 1 atom stereocenters. The molecule has 0 aliphatic rings. The molecule has 0 aliphatic heterocycles. The summed E-state index contributed by atoms with van der Waals surface area (Å²) in [5.41, 5.74) is 7.80. The average Bonchev–Trinajstić information content (AvgIpc) is 2.36. The van der Waals surface area contributed by atoms with Crippen molar-refractivity contribution >= 4 is 10.9 Å². The van der Waals surface area contributed by atoms with Gasteiger partial charge in [0.05, 0.1) is 5.52 Å². The highest BCUT2D eigenvalue weighted by atomic mass is 16.3. The lowest BCUT2D eigenvalue weighted by molar-refractivity contribution is 0.230. The number of benzene rings is 1. The number of fused-ring (bicyclic) bond motifs is 1. The summed E-state index contributed by atoms with van der Waals surface area (Å²) in [6, 6.07) is 10.0. The number of pyridine rings is 1. The van der Waals surface area contributed by atoms with Crippen molar-refractivity contribution in [2.45, 2.75) is 6.42 Å². The lowest BCUT2D eigenvalue weighted by atomic mass is 9.97. The molecule has 0 bridgehead atoms. The van der Waals surface area contributed by atoms with Gasteiger partial charge in [-0.25, -0.2) is 0 Å². The molecule has 2 aromatic rings. The first kappa shape index (κ1) is 11.0. The standard InChI is InChI=1S/C13H16N2O/c14-8-10(9-16)7-11-5-6-15-13-4-2-1-3-12(11)13/h1-6,10,16H,7-9,14H2. The quantitative estimate of drug-likeness (QED) is 0.811. The molecule has 0 saturated carbocycles. The zero-order valence-electron chi connectivity index (χ0n) is 9.13. The van der Waals surface area contributed by atoms with E-state index >= 15 is 0 Å². The molecule has 0 fully saturated rings. The zero-order chi connectivity index (χ0) is 11.4. The van der Waals surface area contributed by atoms with Gasteiger partial charge in [0.2, 0.25) is 0 Å². The van der Waals surface area contributed by atoms with Crippen LogP contribution in [0.2, 0.25) is 0 Å². The molecule has 16 heavy (non-hydrogen) atoms. The maximum Gasteiger partial charge on any atom is 0.0704 e. The number of hydrogen-bond acceptors (Lipinski definition) is 3. The molecule has 1 aromatic carbocycles. The first-order valence-corrected chi connectivity index (χ1v) is 5.48. The third-order valence-corrected chi connectivity index (χ3v) is 2.84. The van der Waals surface area contributed by atoms with Crippen LogP contribution in [-0.4, -0.2) is 23.2 Å². The lowest BCUT2D eigenvalue weighted by Gasteiger charge is -2.12. The number of para-hydroxylation sites is 1. The van der Waals surface area contributed by atoms with Gasteiger partial charge in [-0.05, 0) is 36.6 Å². The number of aliphatic hydroxyl groups excluding tert-OH is 1. The van der Waals surface area contributed by atoms with Crippen molar-refractivity contribution in [3.8, 4) is 0 Å². The molecule has 3 N–H and O–H groups in total. The van der Waals surface area contributed by atoms with Gasteiger partial charge in [-0.1, -0.05) is 18.2 Å². The second-order valence-electron chi connectivity index (χ2n) is 3.98. The summed E-state index contributed by atoms with van der Waals surface area (Å²) >= 11 is 0. The van der Waals surface area contributed by atoms with Gasteiger partial charge in [-0.15, -0.1) is 0 Å². The average molecular weight is 216 g/mol. The smallest absolute Gasteiger partial charge is 0.0704 e. The molecule has 0 amide bonds. The van der Waals surface area contributed by atoms with Crippen molar-refractivity contribution in [2.24, 2.45) is 11.7 Å². The van der Waals surface area contributed by atoms with Gasteiger partial charge in [0.1, 0.15) is 0 Å². The normalized spacial score (nSPS) is 12.9. The van der Waals surface area contributed by atoms with Crippen LogP contribution in [0.1, 0.15) is 5.56 Å². The topological polar surface area (TPSA) is 59.1 Å². The summed E-state index contributed by atoms with van der Waals surface area (Å²) in [6.07, 6.45) is 2.61. The summed E-state index contributed by atoms with van der Waals surface area (Å²) in [5.74, 6) is 0.130. The Morgan fingerprint density at radius 1 is 1.25 bits per heavy atom. The number of nitrogens with two attached hydrogens (primary N) is 1. The molecule has 0 saturated heterocycles. The highest BCUT2D eigenvalue weighted by Gasteiger charge is 2.08. The van der Waals surface area contributed by atoms with Crippen LogP contribution >= 0.6 is 0 Å². The summed E-state index contributed by atoms with van der Waals surface area (Å²) in [6.45, 7) is 0.639. The molecule has 0 spiro atoms. The lowest BCUT2D eigenvalue weighted by Crippen LogP contribution is -2.20. The Labute approximate surface area is 94.9 Å². The Balaban J connectivity index is 2.36. The summed E-state index contributed by atoms with van der Waals surface area (Å²) in [5, 5.41) is 10.3. The zero-order valence-corrected chi connectivity index (χ0v) is 9.13. The van der Waals surface area contributed by atoms with Crippen LogP contribution in [-0.2, 0) is 6.42 Å². The molecule has 1 heterocycles. The highest BCUT2D eigenvalue weighted by molar-refractivity contribution is 5.81. The van der Waals surface area contributed by atoms with E-state index in [9.17, 15) is 0 Å². The van der Waals surface area contributed by atoms with E-state index in [4.69, 9.17) is 10.8 Å². The SMILES string of the molecule is NCC(CO)Cc1ccnc2ccccc12. The fourth-order valence-electron chi connectivity index (χ4n) is 1.87. The van der Waals surface area contributed by atoms with Crippen LogP contribution in [0.5, 0.6) is 0 Å². The molecule has 0 aliphatic carbocycles.